The Kier molecular flexibility index (Phi) is 9.53. The van der Waals surface area contributed by atoms with Crippen LogP contribution in [0.25, 0.3) is 0 Å². The Hall–Kier alpha value is -2.19. The summed E-state index contributed by atoms with van der Waals surface area (Å²) in [6, 6.07) is 17.5. The van der Waals surface area contributed by atoms with Gasteiger partial charge in [-0.2, -0.15) is 11.8 Å². The minimum atomic E-state index is -3.94. The topological polar surface area (TPSA) is 66.5 Å². The molecule has 0 spiro atoms. The molecule has 0 heterocycles. The number of nitrogens with zero attached hydrogens (tertiary/aromatic N) is 1. The average Bonchev–Trinajstić information content (AvgIpc) is 2.79. The monoisotopic (exact) mass is 550 g/mol. The third kappa shape index (κ3) is 7.40. The summed E-state index contributed by atoms with van der Waals surface area (Å²) in [5.74, 6) is 0.965. The second-order valence-electron chi connectivity index (χ2n) is 8.25. The van der Waals surface area contributed by atoms with E-state index in [9.17, 15) is 13.2 Å². The molecule has 0 saturated carbocycles. The van der Waals surface area contributed by atoms with Crippen LogP contribution in [0.3, 0.4) is 0 Å². The summed E-state index contributed by atoms with van der Waals surface area (Å²) in [5, 5.41) is 4.03. The number of rotatable bonds is 10. The number of carbonyl (C=O) groups excluding carboxylic acids is 1. The Balaban J connectivity index is 1.68. The second-order valence-corrected chi connectivity index (χ2v) is 12.1. The van der Waals surface area contributed by atoms with Crippen molar-refractivity contribution in [1.82, 2.24) is 5.32 Å². The zero-order valence-corrected chi connectivity index (χ0v) is 23.0. The van der Waals surface area contributed by atoms with Crippen molar-refractivity contribution in [2.45, 2.75) is 31.4 Å². The minimum Gasteiger partial charge on any atom is -0.354 e. The van der Waals surface area contributed by atoms with E-state index >= 15 is 0 Å². The Morgan fingerprint density at radius 1 is 0.943 bits per heavy atom. The molecule has 0 saturated heterocycles. The van der Waals surface area contributed by atoms with Crippen LogP contribution in [0.1, 0.15) is 22.3 Å². The van der Waals surface area contributed by atoms with Gasteiger partial charge in [0.25, 0.3) is 10.0 Å². The predicted octanol–water partition coefficient (Wildman–Crippen LogP) is 6.16. The highest BCUT2D eigenvalue weighted by molar-refractivity contribution is 7.98. The molecule has 186 valence electrons. The number of aryl methyl sites for hydroxylation is 3. The molecule has 35 heavy (non-hydrogen) atoms. The van der Waals surface area contributed by atoms with Crippen molar-refractivity contribution in [2.24, 2.45) is 0 Å². The van der Waals surface area contributed by atoms with Gasteiger partial charge < -0.3 is 5.32 Å². The van der Waals surface area contributed by atoms with Gasteiger partial charge in [-0.3, -0.25) is 9.10 Å². The molecular weight excluding hydrogens is 523 g/mol. The zero-order chi connectivity index (χ0) is 25.6. The average molecular weight is 552 g/mol. The zero-order valence-electron chi connectivity index (χ0n) is 19.8. The molecule has 3 aromatic carbocycles. The lowest BCUT2D eigenvalue weighted by Gasteiger charge is -2.26. The molecule has 0 radical (unpaired) electrons. The first-order valence-electron chi connectivity index (χ1n) is 11.0. The maximum atomic E-state index is 13.5. The third-order valence-corrected chi connectivity index (χ3v) is 8.73. The van der Waals surface area contributed by atoms with E-state index in [0.717, 1.165) is 22.3 Å². The molecule has 1 amide bonds. The third-order valence-electron chi connectivity index (χ3n) is 5.36. The van der Waals surface area contributed by atoms with Gasteiger partial charge in [0.15, 0.2) is 0 Å². The van der Waals surface area contributed by atoms with E-state index in [1.54, 1.807) is 54.2 Å². The summed E-state index contributed by atoms with van der Waals surface area (Å²) in [4.78, 5) is 12.9. The number of anilines is 1. The van der Waals surface area contributed by atoms with Gasteiger partial charge in [0, 0.05) is 28.1 Å². The fraction of sp³-hybridized carbons (Fsp3) is 0.269. The molecule has 0 aliphatic rings. The molecule has 0 fully saturated rings. The van der Waals surface area contributed by atoms with Gasteiger partial charge in [-0.05, 0) is 62.2 Å². The summed E-state index contributed by atoms with van der Waals surface area (Å²) >= 11 is 13.8. The molecule has 1 N–H and O–H groups in total. The van der Waals surface area contributed by atoms with E-state index in [2.05, 4.69) is 5.32 Å². The van der Waals surface area contributed by atoms with E-state index < -0.39 is 10.0 Å². The fourth-order valence-corrected chi connectivity index (χ4v) is 6.39. The van der Waals surface area contributed by atoms with Crippen LogP contribution in [0.15, 0.2) is 65.6 Å². The number of carbonyl (C=O) groups is 1. The number of thioether (sulfide) groups is 1. The second kappa shape index (κ2) is 12.2. The van der Waals surface area contributed by atoms with Crippen LogP contribution in [0, 0.1) is 20.8 Å². The van der Waals surface area contributed by atoms with Crippen molar-refractivity contribution in [1.29, 1.82) is 0 Å². The van der Waals surface area contributed by atoms with Crippen molar-refractivity contribution < 1.29 is 13.2 Å². The number of benzene rings is 3. The van der Waals surface area contributed by atoms with Crippen LogP contribution in [0.4, 0.5) is 5.69 Å². The summed E-state index contributed by atoms with van der Waals surface area (Å²) in [6.07, 6.45) is 0. The number of sulfonamides is 1. The van der Waals surface area contributed by atoms with Crippen molar-refractivity contribution in [3.8, 4) is 0 Å². The van der Waals surface area contributed by atoms with Crippen LogP contribution in [0.5, 0.6) is 0 Å². The number of nitrogens with one attached hydrogen (secondary N) is 1. The molecule has 9 heteroatoms. The van der Waals surface area contributed by atoms with Crippen LogP contribution < -0.4 is 9.62 Å². The number of hydrogen-bond donors (Lipinski definition) is 1. The molecule has 0 aliphatic carbocycles. The van der Waals surface area contributed by atoms with E-state index in [1.165, 1.54) is 4.31 Å². The summed E-state index contributed by atoms with van der Waals surface area (Å²) in [5.41, 5.74) is 4.21. The van der Waals surface area contributed by atoms with E-state index in [1.807, 2.05) is 39.0 Å². The summed E-state index contributed by atoms with van der Waals surface area (Å²) in [6.45, 7) is 5.77. The SMILES string of the molecule is Cc1ccc(S(=O)(=O)N(CC(=O)NCCSCc2ccc(Cl)cc2Cl)c2ccc(C)cc2C)cc1. The van der Waals surface area contributed by atoms with Gasteiger partial charge in [0.2, 0.25) is 5.91 Å². The highest BCUT2D eigenvalue weighted by atomic mass is 35.5. The molecule has 3 aromatic rings. The Morgan fingerprint density at radius 3 is 2.29 bits per heavy atom. The van der Waals surface area contributed by atoms with Crippen LogP contribution in [-0.4, -0.2) is 33.2 Å². The lowest BCUT2D eigenvalue weighted by Crippen LogP contribution is -2.41. The Labute approximate surface area is 221 Å². The molecular formula is C26H28Cl2N2O3S2. The molecule has 0 unspecified atom stereocenters. The van der Waals surface area contributed by atoms with Crippen molar-refractivity contribution in [3.63, 3.8) is 0 Å². The largest absolute Gasteiger partial charge is 0.354 e. The van der Waals surface area contributed by atoms with Crippen LogP contribution in [0.2, 0.25) is 10.0 Å². The van der Waals surface area contributed by atoms with Crippen LogP contribution >= 0.6 is 35.0 Å². The van der Waals surface area contributed by atoms with Crippen LogP contribution in [-0.2, 0) is 20.6 Å². The number of halogens is 2. The number of hydrogen-bond acceptors (Lipinski definition) is 4. The first-order chi connectivity index (χ1) is 16.6. The predicted molar refractivity (Wildman–Crippen MR) is 147 cm³/mol. The first kappa shape index (κ1) is 27.4. The van der Waals surface area contributed by atoms with E-state index in [4.69, 9.17) is 23.2 Å². The van der Waals surface area contributed by atoms with Gasteiger partial charge in [-0.15, -0.1) is 0 Å². The standard InChI is InChI=1S/C26H28Cl2N2O3S2/c1-18-4-9-23(10-5-18)35(32,33)30(25-11-6-19(2)14-20(25)3)16-26(31)29-12-13-34-17-21-7-8-22(27)15-24(21)28/h4-11,14-15H,12-13,16-17H2,1-3H3,(H,29,31). The Bertz CT molecular complexity index is 1300. The summed E-state index contributed by atoms with van der Waals surface area (Å²) < 4.78 is 28.2. The highest BCUT2D eigenvalue weighted by Crippen LogP contribution is 2.28. The van der Waals surface area contributed by atoms with Gasteiger partial charge in [-0.1, -0.05) is 64.7 Å². The van der Waals surface area contributed by atoms with Crippen molar-refractivity contribution in [3.05, 3.63) is 93.0 Å². The van der Waals surface area contributed by atoms with Crippen molar-refractivity contribution >= 4 is 56.6 Å². The van der Waals surface area contributed by atoms with E-state index in [0.29, 0.717) is 33.8 Å². The lowest BCUT2D eigenvalue weighted by molar-refractivity contribution is -0.119. The molecule has 0 aliphatic heterocycles. The van der Waals surface area contributed by atoms with Gasteiger partial charge in [-0.25, -0.2) is 8.42 Å². The van der Waals surface area contributed by atoms with Crippen molar-refractivity contribution in [2.75, 3.05) is 23.1 Å². The molecule has 0 aromatic heterocycles. The van der Waals surface area contributed by atoms with Gasteiger partial charge in [0.1, 0.15) is 6.54 Å². The number of amides is 1. The lowest BCUT2D eigenvalue weighted by atomic mass is 10.1. The molecule has 3 rings (SSSR count). The molecule has 5 nitrogen and oxygen atoms in total. The summed E-state index contributed by atoms with van der Waals surface area (Å²) in [7, 11) is -3.94. The normalized spacial score (nSPS) is 11.3. The molecule has 0 bridgehead atoms. The quantitative estimate of drug-likeness (QED) is 0.307. The van der Waals surface area contributed by atoms with Gasteiger partial charge >= 0.3 is 0 Å². The minimum absolute atomic E-state index is 0.145. The molecule has 0 atom stereocenters. The smallest absolute Gasteiger partial charge is 0.264 e. The maximum Gasteiger partial charge on any atom is 0.264 e. The van der Waals surface area contributed by atoms with Gasteiger partial charge in [0.05, 0.1) is 10.6 Å². The highest BCUT2D eigenvalue weighted by Gasteiger charge is 2.28. The Morgan fingerprint density at radius 2 is 1.63 bits per heavy atom. The first-order valence-corrected chi connectivity index (χ1v) is 14.4. The fourth-order valence-electron chi connectivity index (χ4n) is 3.49. The van der Waals surface area contributed by atoms with E-state index in [-0.39, 0.29) is 17.3 Å². The maximum absolute atomic E-state index is 13.5.